The minimum absolute atomic E-state index is 0.123. The zero-order valence-corrected chi connectivity index (χ0v) is 66.9. The van der Waals surface area contributed by atoms with Gasteiger partial charge < -0.3 is 155 Å². The zero-order chi connectivity index (χ0) is 83.7. The van der Waals surface area contributed by atoms with E-state index in [1.54, 1.807) is 0 Å². The first-order chi connectivity index (χ1) is 54.8. The second kappa shape index (κ2) is 55.3. The van der Waals surface area contributed by atoms with E-state index in [4.69, 9.17) is 47.4 Å². The monoisotopic (exact) mass is 1640 g/mol. The highest BCUT2D eigenvalue weighted by Gasteiger charge is 2.62. The minimum atomic E-state index is -3.45. The summed E-state index contributed by atoms with van der Waals surface area (Å²) in [7, 11) is 0. The minimum Gasteiger partial charge on any atom is -0.477 e. The van der Waals surface area contributed by atoms with Gasteiger partial charge in [0.05, 0.1) is 63.9 Å². The number of rotatable bonds is 58. The summed E-state index contributed by atoms with van der Waals surface area (Å²) in [6.45, 7) is -2.03. The molecule has 35 nitrogen and oxygen atoms in total. The molecule has 5 aliphatic heterocycles. The Morgan fingerprint density at radius 1 is 0.465 bits per heavy atom. The number of carbonyl (C=O) groups is 4. The number of carbonyl (C=O) groups excluding carboxylic acids is 3. The number of aliphatic hydroxyl groups excluding tert-OH is 17. The highest BCUT2D eigenvalue weighted by molar-refractivity contribution is 5.78. The summed E-state index contributed by atoms with van der Waals surface area (Å²) in [5, 5.41) is 207. The van der Waals surface area contributed by atoms with Crippen LogP contribution in [-0.4, -0.2) is 333 Å². The van der Waals surface area contributed by atoms with Gasteiger partial charge in [-0.25, -0.2) is 4.79 Å². The van der Waals surface area contributed by atoms with Crippen LogP contribution in [0.3, 0.4) is 0 Å². The number of aliphatic hydroxyl groups is 17. The van der Waals surface area contributed by atoms with Gasteiger partial charge in [-0.05, 0) is 44.9 Å². The highest BCUT2D eigenvalue weighted by atomic mass is 16.8. The Morgan fingerprint density at radius 3 is 1.42 bits per heavy atom. The molecule has 0 aromatic carbocycles. The SMILES string of the molecule is CCCCCCCC/C=C\CCCCCCCCCCCCCC(=O)N[C@@H](CO[C@@H]1OC(CO)[C@@H](O[C@@H]2OC(CO)[C@H](O[C@@H]3OC(CO)[C@H](O)[C@H](O[C@@H]4OC(CO)[C@H](O)[C@H](O)C4O)C3NC(C)=O)[C@H](O[C@]3(C(=O)O)CC(O)[C@@H](NC(=O)CO)C([C@H](O)[C@H](O)CO)O3)C2O)[C@H](O)C1O)[C@H](O)/C=C/CCCCCCCCCCCCC. The highest BCUT2D eigenvalue weighted by Crippen LogP contribution is 2.41. The lowest BCUT2D eigenvalue weighted by atomic mass is 9.88. The fraction of sp³-hybridized carbons (Fsp3) is 0.899. The van der Waals surface area contributed by atoms with Gasteiger partial charge in [0, 0.05) is 19.8 Å². The van der Waals surface area contributed by atoms with Crippen LogP contribution >= 0.6 is 0 Å². The van der Waals surface area contributed by atoms with Crippen LogP contribution in [0.2, 0.25) is 0 Å². The van der Waals surface area contributed by atoms with E-state index in [1.807, 2.05) is 6.08 Å². The summed E-state index contributed by atoms with van der Waals surface area (Å²) in [5.41, 5.74) is 0. The Hall–Kier alpha value is -3.72. The molecule has 35 heteroatoms. The second-order valence-corrected chi connectivity index (χ2v) is 31.1. The number of hydrogen-bond donors (Lipinski definition) is 21. The molecule has 3 amide bonds. The van der Waals surface area contributed by atoms with Crippen LogP contribution in [0.5, 0.6) is 0 Å². The molecule has 0 radical (unpaired) electrons. The number of nitrogens with one attached hydrogen (secondary N) is 3. The van der Waals surface area contributed by atoms with Crippen molar-refractivity contribution in [3.63, 3.8) is 0 Å². The molecule has 5 rings (SSSR count). The van der Waals surface area contributed by atoms with E-state index in [0.717, 1.165) is 71.1 Å². The molecular weight excluding hydrogens is 1500 g/mol. The lowest BCUT2D eigenvalue weighted by Crippen LogP contribution is -2.72. The van der Waals surface area contributed by atoms with E-state index < -0.39 is 248 Å². The van der Waals surface area contributed by atoms with E-state index in [2.05, 4.69) is 41.9 Å². The number of ether oxygens (including phenoxy) is 10. The van der Waals surface area contributed by atoms with Crippen molar-refractivity contribution in [2.24, 2.45) is 0 Å². The fourth-order valence-electron chi connectivity index (χ4n) is 15.1. The molecule has 114 heavy (non-hydrogen) atoms. The lowest BCUT2D eigenvalue weighted by Gasteiger charge is -2.52. The average Bonchev–Trinajstić information content (AvgIpc) is 0.747. The number of allylic oxidation sites excluding steroid dienone is 3. The number of hydrogen-bond acceptors (Lipinski definition) is 31. The standard InChI is InChI=1S/C79H141N3O32/c1-4-6-8-10-12-14-16-18-19-20-21-22-23-24-25-27-29-31-33-35-37-39-57(93)81-49(50(90)38-36-34-32-30-28-26-17-15-13-11-9-7-5-2)47-105-75-67(101)65(99)69(55(44-86)108-75)110-77-68(102)73(114-79(78(103)104)40-51(91)59(82-58(94)46-88)72(113-79)61(95)52(92)41-83)70(56(45-87)109-77)111-74-60(80-48(3)89)71(63(97)54(43-85)106-74)112-76-66(100)64(98)62(96)53(42-84)107-76/h18-19,36,38,49-56,59-77,83-88,90-92,95-102H,4-17,20-35,37,39-47H2,1-3H3,(H,80,89)(H,81,93)(H,82,94)(H,103,104)/b19-18-,38-36+/t49-,50+,51?,52+,53?,54?,55?,56?,59+,60?,61+,62-,63-,64-,65+,66?,67?,68?,69+,70-,71+,72?,73+,74-,75+,76-,77-,79-/m0/s1. The van der Waals surface area contributed by atoms with Gasteiger partial charge in [0.1, 0.15) is 123 Å². The van der Waals surface area contributed by atoms with Crippen LogP contribution in [0.4, 0.5) is 0 Å². The van der Waals surface area contributed by atoms with Gasteiger partial charge in [-0.2, -0.15) is 0 Å². The van der Waals surface area contributed by atoms with Crippen LogP contribution < -0.4 is 16.0 Å². The van der Waals surface area contributed by atoms with Gasteiger partial charge in [-0.15, -0.1) is 0 Å². The lowest BCUT2D eigenvalue weighted by molar-refractivity contribution is -0.403. The summed E-state index contributed by atoms with van der Waals surface area (Å²) >= 11 is 0. The molecule has 0 bridgehead atoms. The maximum atomic E-state index is 13.9. The quantitative estimate of drug-likeness (QED) is 0.0282. The summed E-state index contributed by atoms with van der Waals surface area (Å²) in [5.74, 6) is -8.20. The van der Waals surface area contributed by atoms with Gasteiger partial charge in [0.2, 0.25) is 17.7 Å². The number of carboxylic acid groups (broad SMARTS) is 1. The van der Waals surface area contributed by atoms with Gasteiger partial charge in [-0.1, -0.05) is 192 Å². The first kappa shape index (κ1) is 101. The van der Waals surface area contributed by atoms with Crippen LogP contribution in [0.1, 0.15) is 233 Å². The Labute approximate surface area is 670 Å². The summed E-state index contributed by atoms with van der Waals surface area (Å²) in [6.07, 6.45) is -8.33. The smallest absolute Gasteiger partial charge is 0.364 e. The molecule has 28 atom stereocenters. The van der Waals surface area contributed by atoms with Crippen molar-refractivity contribution in [2.45, 2.75) is 404 Å². The molecule has 5 heterocycles. The summed E-state index contributed by atoms with van der Waals surface area (Å²) < 4.78 is 60.0. The predicted molar refractivity (Wildman–Crippen MR) is 407 cm³/mol. The third-order valence-electron chi connectivity index (χ3n) is 21.8. The fourth-order valence-corrected chi connectivity index (χ4v) is 15.1. The average molecular weight is 1640 g/mol. The molecule has 5 saturated heterocycles. The summed E-state index contributed by atoms with van der Waals surface area (Å²) in [6, 6.07) is -5.00. The van der Waals surface area contributed by atoms with Gasteiger partial charge in [0.15, 0.2) is 25.2 Å². The van der Waals surface area contributed by atoms with E-state index in [0.29, 0.717) is 12.8 Å². The summed E-state index contributed by atoms with van der Waals surface area (Å²) in [4.78, 5) is 53.2. The Balaban J connectivity index is 1.35. The van der Waals surface area contributed by atoms with Crippen molar-refractivity contribution >= 4 is 23.7 Å². The maximum absolute atomic E-state index is 13.9. The second-order valence-electron chi connectivity index (χ2n) is 31.1. The Kier molecular flexibility index (Phi) is 48.9. The number of carboxylic acids is 1. The Morgan fingerprint density at radius 2 is 0.912 bits per heavy atom. The van der Waals surface area contributed by atoms with Crippen LogP contribution in [-0.2, 0) is 66.5 Å². The number of unbranched alkanes of at least 4 members (excludes halogenated alkanes) is 28. The molecule has 5 aliphatic rings. The largest absolute Gasteiger partial charge is 0.477 e. The van der Waals surface area contributed by atoms with E-state index in [9.17, 15) is 111 Å². The normalized spacial score (nSPS) is 33.3. The topological polar surface area (TPSA) is 561 Å². The van der Waals surface area contributed by atoms with Crippen LogP contribution in [0.25, 0.3) is 0 Å². The molecule has 0 saturated carbocycles. The van der Waals surface area contributed by atoms with Crippen LogP contribution in [0.15, 0.2) is 24.3 Å². The molecule has 0 aromatic rings. The van der Waals surface area contributed by atoms with Crippen molar-refractivity contribution in [3.05, 3.63) is 24.3 Å². The molecular formula is C79H141N3O32. The van der Waals surface area contributed by atoms with Crippen molar-refractivity contribution in [1.29, 1.82) is 0 Å². The molecule has 21 N–H and O–H groups in total. The van der Waals surface area contributed by atoms with E-state index >= 15 is 0 Å². The number of aliphatic carboxylic acids is 1. The van der Waals surface area contributed by atoms with Gasteiger partial charge in [-0.3, -0.25) is 14.4 Å². The third kappa shape index (κ3) is 32.3. The molecule has 664 valence electrons. The van der Waals surface area contributed by atoms with Crippen molar-refractivity contribution < 1.29 is 158 Å². The van der Waals surface area contributed by atoms with E-state index in [1.165, 1.54) is 128 Å². The molecule has 5 fully saturated rings. The molecule has 0 spiro atoms. The van der Waals surface area contributed by atoms with Gasteiger partial charge in [0.25, 0.3) is 5.79 Å². The van der Waals surface area contributed by atoms with Crippen molar-refractivity contribution in [2.75, 3.05) is 46.2 Å². The Bertz CT molecular complexity index is 2680. The maximum Gasteiger partial charge on any atom is 0.364 e. The molecule has 0 aliphatic carbocycles. The number of amides is 3. The zero-order valence-electron chi connectivity index (χ0n) is 66.9. The van der Waals surface area contributed by atoms with Crippen molar-refractivity contribution in [1.82, 2.24) is 16.0 Å². The molecule has 0 aromatic heterocycles. The first-order valence-electron chi connectivity index (χ1n) is 41.9. The third-order valence-corrected chi connectivity index (χ3v) is 21.8. The van der Waals surface area contributed by atoms with Crippen LogP contribution in [0, 0.1) is 0 Å². The molecule has 10 unspecified atom stereocenters. The first-order valence-corrected chi connectivity index (χ1v) is 41.9. The van der Waals surface area contributed by atoms with E-state index in [-0.39, 0.29) is 6.42 Å². The van der Waals surface area contributed by atoms with Crippen molar-refractivity contribution in [3.8, 4) is 0 Å². The van der Waals surface area contributed by atoms with Gasteiger partial charge >= 0.3 is 5.97 Å². The predicted octanol–water partition coefficient (Wildman–Crippen LogP) is 0.0466.